The highest BCUT2D eigenvalue weighted by Crippen LogP contribution is 2.40. The van der Waals surface area contributed by atoms with E-state index in [1.54, 1.807) is 0 Å². The molecule has 0 spiro atoms. The average Bonchev–Trinajstić information content (AvgIpc) is 2.30. The van der Waals surface area contributed by atoms with Gasteiger partial charge in [-0.15, -0.1) is 11.6 Å². The minimum absolute atomic E-state index is 0.221. The molecule has 0 heterocycles. The maximum Gasteiger partial charge on any atom is 0.0613 e. The molecule has 1 aromatic carbocycles. The third-order valence-corrected chi connectivity index (χ3v) is 4.20. The van der Waals surface area contributed by atoms with Crippen LogP contribution in [-0.4, -0.2) is 0 Å². The quantitative estimate of drug-likeness (QED) is 0.631. The van der Waals surface area contributed by atoms with Crippen LogP contribution in [0.2, 0.25) is 0 Å². The van der Waals surface area contributed by atoms with E-state index in [0.29, 0.717) is 5.92 Å². The van der Waals surface area contributed by atoms with E-state index >= 15 is 0 Å². The summed E-state index contributed by atoms with van der Waals surface area (Å²) in [6, 6.07) is 10.5. The van der Waals surface area contributed by atoms with Gasteiger partial charge in [-0.25, -0.2) is 0 Å². The second kappa shape index (κ2) is 5.03. The number of hydrogen-bond donors (Lipinski definition) is 0. The molecule has 0 N–H and O–H groups in total. The summed E-state index contributed by atoms with van der Waals surface area (Å²) in [5.74, 6) is 1.59. The number of rotatable bonds is 2. The van der Waals surface area contributed by atoms with E-state index in [-0.39, 0.29) is 5.38 Å². The lowest BCUT2D eigenvalue weighted by Gasteiger charge is -2.29. The van der Waals surface area contributed by atoms with Crippen molar-refractivity contribution in [2.24, 2.45) is 11.8 Å². The van der Waals surface area contributed by atoms with Gasteiger partial charge in [0.25, 0.3) is 0 Å². The van der Waals surface area contributed by atoms with Crippen LogP contribution in [-0.2, 0) is 0 Å². The van der Waals surface area contributed by atoms with Crippen molar-refractivity contribution < 1.29 is 0 Å². The summed E-state index contributed by atoms with van der Waals surface area (Å²) in [5.41, 5.74) is 1.29. The Hall–Kier alpha value is -0.490. The average molecular weight is 223 g/mol. The lowest BCUT2D eigenvalue weighted by molar-refractivity contribution is 0.283. The fraction of sp³-hybridized carbons (Fsp3) is 0.571. The monoisotopic (exact) mass is 222 g/mol. The highest BCUT2D eigenvalue weighted by atomic mass is 35.5. The fourth-order valence-electron chi connectivity index (χ4n) is 2.49. The van der Waals surface area contributed by atoms with Crippen molar-refractivity contribution in [1.29, 1.82) is 0 Å². The van der Waals surface area contributed by atoms with Gasteiger partial charge in [-0.3, -0.25) is 0 Å². The Morgan fingerprint density at radius 1 is 1.07 bits per heavy atom. The van der Waals surface area contributed by atoms with E-state index in [9.17, 15) is 0 Å². The van der Waals surface area contributed by atoms with Crippen molar-refractivity contribution >= 4 is 11.6 Å². The molecule has 0 aromatic heterocycles. The van der Waals surface area contributed by atoms with E-state index in [1.807, 2.05) is 0 Å². The van der Waals surface area contributed by atoms with Crippen LogP contribution in [0.4, 0.5) is 0 Å². The van der Waals surface area contributed by atoms with E-state index in [2.05, 4.69) is 37.3 Å². The second-order valence-corrected chi connectivity index (χ2v) is 5.30. The summed E-state index contributed by atoms with van der Waals surface area (Å²) >= 11 is 6.53. The van der Waals surface area contributed by atoms with Crippen LogP contribution >= 0.6 is 11.6 Å². The molecule has 1 atom stereocenters. The molecule has 0 saturated heterocycles. The number of hydrogen-bond acceptors (Lipinski definition) is 0. The van der Waals surface area contributed by atoms with Crippen molar-refractivity contribution in [2.75, 3.05) is 0 Å². The van der Waals surface area contributed by atoms with Crippen LogP contribution in [0.3, 0.4) is 0 Å². The van der Waals surface area contributed by atoms with Crippen molar-refractivity contribution in [3.8, 4) is 0 Å². The van der Waals surface area contributed by atoms with Crippen LogP contribution in [0.1, 0.15) is 43.5 Å². The minimum Gasteiger partial charge on any atom is -0.118 e. The van der Waals surface area contributed by atoms with E-state index in [1.165, 1.54) is 31.2 Å². The lowest BCUT2D eigenvalue weighted by atomic mass is 9.80. The first kappa shape index (κ1) is 11.0. The molecule has 0 radical (unpaired) electrons. The third-order valence-electron chi connectivity index (χ3n) is 3.59. The molecule has 15 heavy (non-hydrogen) atoms. The Kier molecular flexibility index (Phi) is 3.69. The lowest BCUT2D eigenvalue weighted by Crippen LogP contribution is -2.16. The topological polar surface area (TPSA) is 0 Å². The Labute approximate surface area is 97.6 Å². The summed E-state index contributed by atoms with van der Waals surface area (Å²) in [4.78, 5) is 0. The molecule has 0 amide bonds. The van der Waals surface area contributed by atoms with Gasteiger partial charge in [0.1, 0.15) is 0 Å². The van der Waals surface area contributed by atoms with Crippen molar-refractivity contribution in [1.82, 2.24) is 0 Å². The maximum absolute atomic E-state index is 6.53. The van der Waals surface area contributed by atoms with Crippen LogP contribution in [0, 0.1) is 11.8 Å². The van der Waals surface area contributed by atoms with E-state index in [4.69, 9.17) is 11.6 Å². The van der Waals surface area contributed by atoms with Crippen molar-refractivity contribution in [2.45, 2.75) is 38.0 Å². The van der Waals surface area contributed by atoms with Crippen LogP contribution in [0.15, 0.2) is 30.3 Å². The predicted molar refractivity (Wildman–Crippen MR) is 66.2 cm³/mol. The molecular formula is C14H19Cl. The first-order valence-corrected chi connectivity index (χ1v) is 6.40. The van der Waals surface area contributed by atoms with Crippen molar-refractivity contribution in [3.63, 3.8) is 0 Å². The third kappa shape index (κ3) is 2.75. The van der Waals surface area contributed by atoms with Gasteiger partial charge in [-0.05, 0) is 30.2 Å². The van der Waals surface area contributed by atoms with Gasteiger partial charge in [0.2, 0.25) is 0 Å². The molecule has 82 valence electrons. The summed E-state index contributed by atoms with van der Waals surface area (Å²) in [6.07, 6.45) is 5.29. The molecular weight excluding hydrogens is 204 g/mol. The van der Waals surface area contributed by atoms with Gasteiger partial charge in [0.05, 0.1) is 5.38 Å². The molecule has 0 nitrogen and oxygen atoms in total. The zero-order valence-electron chi connectivity index (χ0n) is 9.33. The fourth-order valence-corrected chi connectivity index (χ4v) is 2.89. The summed E-state index contributed by atoms with van der Waals surface area (Å²) in [6.45, 7) is 2.35. The standard InChI is InChI=1S/C14H19Cl/c1-11-7-9-13(10-8-11)14(15)12-5-3-2-4-6-12/h2-6,11,13-14H,7-10H2,1H3. The largest absolute Gasteiger partial charge is 0.118 e. The number of benzene rings is 1. The normalized spacial score (nSPS) is 28.7. The van der Waals surface area contributed by atoms with Gasteiger partial charge >= 0.3 is 0 Å². The Morgan fingerprint density at radius 2 is 1.67 bits per heavy atom. The van der Waals surface area contributed by atoms with Gasteiger partial charge < -0.3 is 0 Å². The Bertz CT molecular complexity index is 285. The van der Waals surface area contributed by atoms with Gasteiger partial charge in [0, 0.05) is 0 Å². The van der Waals surface area contributed by atoms with Crippen LogP contribution < -0.4 is 0 Å². The highest BCUT2D eigenvalue weighted by molar-refractivity contribution is 6.21. The highest BCUT2D eigenvalue weighted by Gasteiger charge is 2.25. The molecule has 0 aliphatic heterocycles. The summed E-state index contributed by atoms with van der Waals surface area (Å²) in [5, 5.41) is 0.221. The molecule has 1 heteroatoms. The number of halogens is 1. The molecule has 1 saturated carbocycles. The molecule has 1 unspecified atom stereocenters. The zero-order valence-corrected chi connectivity index (χ0v) is 10.1. The SMILES string of the molecule is CC1CCC(C(Cl)c2ccccc2)CC1. The minimum atomic E-state index is 0.221. The van der Waals surface area contributed by atoms with Gasteiger partial charge in [-0.2, -0.15) is 0 Å². The van der Waals surface area contributed by atoms with Crippen LogP contribution in [0.5, 0.6) is 0 Å². The smallest absolute Gasteiger partial charge is 0.0613 e. The first-order chi connectivity index (χ1) is 7.27. The van der Waals surface area contributed by atoms with Crippen LogP contribution in [0.25, 0.3) is 0 Å². The summed E-state index contributed by atoms with van der Waals surface area (Å²) in [7, 11) is 0. The maximum atomic E-state index is 6.53. The first-order valence-electron chi connectivity index (χ1n) is 5.96. The molecule has 1 aromatic rings. The second-order valence-electron chi connectivity index (χ2n) is 4.83. The molecule has 0 bridgehead atoms. The van der Waals surface area contributed by atoms with Gasteiger partial charge in [-0.1, -0.05) is 50.1 Å². The van der Waals surface area contributed by atoms with E-state index in [0.717, 1.165) is 5.92 Å². The van der Waals surface area contributed by atoms with Crippen molar-refractivity contribution in [3.05, 3.63) is 35.9 Å². The molecule has 2 rings (SSSR count). The summed E-state index contributed by atoms with van der Waals surface area (Å²) < 4.78 is 0. The van der Waals surface area contributed by atoms with E-state index < -0.39 is 0 Å². The Balaban J connectivity index is 1.99. The number of alkyl halides is 1. The Morgan fingerprint density at radius 3 is 2.27 bits per heavy atom. The predicted octanol–water partition coefficient (Wildman–Crippen LogP) is 4.79. The molecule has 1 aliphatic rings. The molecule has 1 aliphatic carbocycles. The zero-order chi connectivity index (χ0) is 10.7. The van der Waals surface area contributed by atoms with Gasteiger partial charge in [0.15, 0.2) is 0 Å². The molecule has 1 fully saturated rings.